The molecule has 0 aliphatic rings. The second-order valence-corrected chi connectivity index (χ2v) is 4.82. The zero-order valence-corrected chi connectivity index (χ0v) is 11.5. The quantitative estimate of drug-likeness (QED) is 0.849. The molecule has 2 rings (SSSR count). The van der Waals surface area contributed by atoms with Crippen molar-refractivity contribution in [1.82, 2.24) is 4.98 Å². The summed E-state index contributed by atoms with van der Waals surface area (Å²) in [6.07, 6.45) is -4.71. The van der Waals surface area contributed by atoms with Crippen LogP contribution >= 0.6 is 0 Å². The number of H-pyrrole nitrogens is 1. The predicted octanol–water partition coefficient (Wildman–Crippen LogP) is 3.47. The fourth-order valence-corrected chi connectivity index (χ4v) is 2.10. The molecule has 1 aromatic carbocycles. The minimum absolute atomic E-state index is 0.134. The molecule has 1 heterocycles. The number of aryl methyl sites for hydroxylation is 1. The van der Waals surface area contributed by atoms with Gasteiger partial charge in [0.05, 0.1) is 5.56 Å². The molecule has 0 saturated carbocycles. The number of aromatic nitrogens is 1. The van der Waals surface area contributed by atoms with Gasteiger partial charge in [-0.15, -0.1) is 0 Å². The van der Waals surface area contributed by atoms with Crippen molar-refractivity contribution in [1.29, 1.82) is 0 Å². The molecule has 0 fully saturated rings. The number of carboxylic acid groups (broad SMARTS) is 1. The van der Waals surface area contributed by atoms with Gasteiger partial charge in [-0.1, -0.05) is 18.2 Å². The SMILES string of the molecule is Cc1[nH]c(C(=O)O)cc1C(=O)Cc1cccc(C(F)(F)F)c1. The van der Waals surface area contributed by atoms with E-state index < -0.39 is 23.5 Å². The predicted molar refractivity (Wildman–Crippen MR) is 72.0 cm³/mol. The first-order valence-corrected chi connectivity index (χ1v) is 6.30. The van der Waals surface area contributed by atoms with Crippen LogP contribution in [0.25, 0.3) is 0 Å². The molecule has 2 aromatic rings. The number of hydrogen-bond acceptors (Lipinski definition) is 2. The van der Waals surface area contributed by atoms with E-state index in [1.165, 1.54) is 25.1 Å². The summed E-state index contributed by atoms with van der Waals surface area (Å²) in [4.78, 5) is 25.5. The fourth-order valence-electron chi connectivity index (χ4n) is 2.10. The van der Waals surface area contributed by atoms with Crippen molar-refractivity contribution < 1.29 is 27.9 Å². The smallest absolute Gasteiger partial charge is 0.416 e. The Balaban J connectivity index is 2.24. The van der Waals surface area contributed by atoms with Crippen LogP contribution in [0.2, 0.25) is 0 Å². The number of nitrogens with one attached hydrogen (secondary N) is 1. The van der Waals surface area contributed by atoms with Gasteiger partial charge in [-0.05, 0) is 24.6 Å². The van der Waals surface area contributed by atoms with E-state index in [1.54, 1.807) is 0 Å². The van der Waals surface area contributed by atoms with E-state index in [4.69, 9.17) is 5.11 Å². The maximum atomic E-state index is 12.6. The fraction of sp³-hybridized carbons (Fsp3) is 0.200. The molecule has 116 valence electrons. The van der Waals surface area contributed by atoms with E-state index in [0.717, 1.165) is 12.1 Å². The molecule has 0 atom stereocenters. The van der Waals surface area contributed by atoms with Crippen molar-refractivity contribution in [3.05, 3.63) is 58.4 Å². The molecule has 0 aliphatic heterocycles. The maximum absolute atomic E-state index is 12.6. The van der Waals surface area contributed by atoms with E-state index in [1.807, 2.05) is 0 Å². The number of aromatic carboxylic acids is 1. The standard InChI is InChI=1S/C15H12F3NO3/c1-8-11(7-12(19-8)14(21)22)13(20)6-9-3-2-4-10(5-9)15(16,17)18/h2-5,7,19H,6H2,1H3,(H,21,22). The summed E-state index contributed by atoms with van der Waals surface area (Å²) in [6.45, 7) is 1.53. The molecule has 7 heteroatoms. The Labute approximate surface area is 123 Å². The summed E-state index contributed by atoms with van der Waals surface area (Å²) in [7, 11) is 0. The second kappa shape index (κ2) is 5.67. The van der Waals surface area contributed by atoms with Gasteiger partial charge < -0.3 is 10.1 Å². The minimum atomic E-state index is -4.47. The van der Waals surface area contributed by atoms with E-state index in [9.17, 15) is 22.8 Å². The third kappa shape index (κ3) is 3.36. The van der Waals surface area contributed by atoms with Crippen LogP contribution in [0.5, 0.6) is 0 Å². The topological polar surface area (TPSA) is 70.2 Å². The monoisotopic (exact) mass is 311 g/mol. The van der Waals surface area contributed by atoms with Crippen molar-refractivity contribution in [2.24, 2.45) is 0 Å². The van der Waals surface area contributed by atoms with Gasteiger partial charge in [0.2, 0.25) is 0 Å². The van der Waals surface area contributed by atoms with Crippen LogP contribution in [0.4, 0.5) is 13.2 Å². The summed E-state index contributed by atoms with van der Waals surface area (Å²) in [5.41, 5.74) is -0.207. The number of rotatable bonds is 4. The van der Waals surface area contributed by atoms with Crippen molar-refractivity contribution in [3.63, 3.8) is 0 Å². The molecule has 0 aliphatic carbocycles. The van der Waals surface area contributed by atoms with Crippen LogP contribution < -0.4 is 0 Å². The summed E-state index contributed by atoms with van der Waals surface area (Å²) in [5.74, 6) is -1.65. The van der Waals surface area contributed by atoms with Gasteiger partial charge >= 0.3 is 12.1 Å². The van der Waals surface area contributed by atoms with Crippen LogP contribution in [0.15, 0.2) is 30.3 Å². The Morgan fingerprint density at radius 2 is 1.91 bits per heavy atom. The van der Waals surface area contributed by atoms with Crippen LogP contribution in [0.3, 0.4) is 0 Å². The van der Waals surface area contributed by atoms with Crippen molar-refractivity contribution in [3.8, 4) is 0 Å². The van der Waals surface area contributed by atoms with Crippen molar-refractivity contribution >= 4 is 11.8 Å². The summed E-state index contributed by atoms with van der Waals surface area (Å²) < 4.78 is 37.9. The maximum Gasteiger partial charge on any atom is 0.416 e. The summed E-state index contributed by atoms with van der Waals surface area (Å²) in [6, 6.07) is 5.69. The Morgan fingerprint density at radius 3 is 2.45 bits per heavy atom. The number of carbonyl (C=O) groups excluding carboxylic acids is 1. The van der Waals surface area contributed by atoms with Gasteiger partial charge in [0.15, 0.2) is 5.78 Å². The van der Waals surface area contributed by atoms with E-state index >= 15 is 0 Å². The number of carbonyl (C=O) groups is 2. The zero-order chi connectivity index (χ0) is 16.5. The number of carboxylic acids is 1. The van der Waals surface area contributed by atoms with E-state index in [2.05, 4.69) is 4.98 Å². The Morgan fingerprint density at radius 1 is 1.23 bits per heavy atom. The number of halogens is 3. The molecule has 0 saturated heterocycles. The molecule has 0 unspecified atom stereocenters. The second-order valence-electron chi connectivity index (χ2n) is 4.82. The molecule has 0 radical (unpaired) electrons. The summed E-state index contributed by atoms with van der Waals surface area (Å²) in [5, 5.41) is 8.85. The molecular formula is C15H12F3NO3. The van der Waals surface area contributed by atoms with Crippen LogP contribution in [-0.4, -0.2) is 21.8 Å². The Hall–Kier alpha value is -2.57. The number of Topliss-reactive ketones (excluding diaryl/α,β-unsaturated/α-hetero) is 1. The lowest BCUT2D eigenvalue weighted by atomic mass is 10.0. The summed E-state index contributed by atoms with van der Waals surface area (Å²) >= 11 is 0. The van der Waals surface area contributed by atoms with Crippen LogP contribution in [0.1, 0.15) is 37.7 Å². The third-order valence-corrected chi connectivity index (χ3v) is 3.16. The molecular weight excluding hydrogens is 299 g/mol. The van der Waals surface area contributed by atoms with Gasteiger partial charge in [-0.3, -0.25) is 4.79 Å². The molecule has 0 amide bonds. The van der Waals surface area contributed by atoms with Gasteiger partial charge in [0.1, 0.15) is 5.69 Å². The largest absolute Gasteiger partial charge is 0.477 e. The highest BCUT2D eigenvalue weighted by Gasteiger charge is 2.30. The lowest BCUT2D eigenvalue weighted by Gasteiger charge is -2.08. The highest BCUT2D eigenvalue weighted by atomic mass is 19.4. The molecule has 1 aromatic heterocycles. The third-order valence-electron chi connectivity index (χ3n) is 3.16. The molecule has 4 nitrogen and oxygen atoms in total. The number of hydrogen-bond donors (Lipinski definition) is 2. The van der Waals surface area contributed by atoms with E-state index in [-0.39, 0.29) is 23.2 Å². The lowest BCUT2D eigenvalue weighted by Crippen LogP contribution is -2.08. The van der Waals surface area contributed by atoms with Gasteiger partial charge in [0, 0.05) is 17.7 Å². The molecule has 0 spiro atoms. The molecule has 0 bridgehead atoms. The minimum Gasteiger partial charge on any atom is -0.477 e. The normalized spacial score (nSPS) is 11.5. The van der Waals surface area contributed by atoms with Crippen LogP contribution in [-0.2, 0) is 12.6 Å². The average Bonchev–Trinajstić information content (AvgIpc) is 2.80. The number of benzene rings is 1. The first-order valence-electron chi connectivity index (χ1n) is 6.30. The van der Waals surface area contributed by atoms with E-state index in [0.29, 0.717) is 5.69 Å². The highest BCUT2D eigenvalue weighted by molar-refractivity contribution is 6.01. The number of alkyl halides is 3. The first-order chi connectivity index (χ1) is 10.2. The van der Waals surface area contributed by atoms with Crippen molar-refractivity contribution in [2.75, 3.05) is 0 Å². The number of ketones is 1. The lowest BCUT2D eigenvalue weighted by molar-refractivity contribution is -0.137. The van der Waals surface area contributed by atoms with Gasteiger partial charge in [-0.25, -0.2) is 4.79 Å². The Bertz CT molecular complexity index is 732. The highest BCUT2D eigenvalue weighted by Crippen LogP contribution is 2.29. The first kappa shape index (κ1) is 15.8. The van der Waals surface area contributed by atoms with Gasteiger partial charge in [-0.2, -0.15) is 13.2 Å². The molecule has 2 N–H and O–H groups in total. The average molecular weight is 311 g/mol. The number of aromatic amines is 1. The Kier molecular flexibility index (Phi) is 4.07. The molecule has 22 heavy (non-hydrogen) atoms. The van der Waals surface area contributed by atoms with Gasteiger partial charge in [0.25, 0.3) is 0 Å². The zero-order valence-electron chi connectivity index (χ0n) is 11.5. The van der Waals surface area contributed by atoms with Crippen molar-refractivity contribution in [2.45, 2.75) is 19.5 Å². The van der Waals surface area contributed by atoms with Crippen LogP contribution in [0, 0.1) is 6.92 Å².